The van der Waals surface area contributed by atoms with Gasteiger partial charge in [-0.15, -0.1) is 0 Å². The summed E-state index contributed by atoms with van der Waals surface area (Å²) in [5.41, 5.74) is 2.55. The van der Waals surface area contributed by atoms with Crippen molar-refractivity contribution in [3.63, 3.8) is 0 Å². The minimum Gasteiger partial charge on any atom is -0.451 e. The SMILES string of the molecule is O=C(O[C@H](CO)CONC1CNC1)C(F)(F)F. The maximum atomic E-state index is 11.8. The van der Waals surface area contributed by atoms with Crippen LogP contribution in [-0.4, -0.2) is 55.7 Å². The molecule has 3 N–H and O–H groups in total. The van der Waals surface area contributed by atoms with Crippen LogP contribution in [0, 0.1) is 0 Å². The molecule has 9 heteroatoms. The van der Waals surface area contributed by atoms with Gasteiger partial charge in [0.25, 0.3) is 0 Å². The first-order valence-electron chi connectivity index (χ1n) is 4.90. The van der Waals surface area contributed by atoms with Crippen LogP contribution in [0.5, 0.6) is 0 Å². The Bertz CT molecular complexity index is 258. The smallest absolute Gasteiger partial charge is 0.451 e. The van der Waals surface area contributed by atoms with Crippen LogP contribution >= 0.6 is 0 Å². The van der Waals surface area contributed by atoms with Gasteiger partial charge in [0.15, 0.2) is 6.10 Å². The molecule has 0 amide bonds. The number of aliphatic hydroxyl groups is 1. The summed E-state index contributed by atoms with van der Waals surface area (Å²) < 4.78 is 39.5. The Morgan fingerprint density at radius 3 is 2.59 bits per heavy atom. The highest BCUT2D eigenvalue weighted by Crippen LogP contribution is 2.17. The second-order valence-corrected chi connectivity index (χ2v) is 3.49. The predicted octanol–water partition coefficient (Wildman–Crippen LogP) is -1.05. The molecule has 0 spiro atoms. The number of carbonyl (C=O) groups excluding carboxylic acids is 1. The molecular weight excluding hydrogens is 245 g/mol. The van der Waals surface area contributed by atoms with Crippen LogP contribution in [0.3, 0.4) is 0 Å². The zero-order chi connectivity index (χ0) is 12.9. The van der Waals surface area contributed by atoms with Crippen LogP contribution in [0.1, 0.15) is 0 Å². The van der Waals surface area contributed by atoms with Gasteiger partial charge < -0.3 is 15.2 Å². The van der Waals surface area contributed by atoms with E-state index in [1.54, 1.807) is 0 Å². The number of ether oxygens (including phenoxy) is 1. The summed E-state index contributed by atoms with van der Waals surface area (Å²) in [6, 6.07) is 0.0765. The van der Waals surface area contributed by atoms with Crippen molar-refractivity contribution >= 4 is 5.97 Å². The molecule has 0 unspecified atom stereocenters. The first-order chi connectivity index (χ1) is 7.93. The van der Waals surface area contributed by atoms with E-state index in [1.165, 1.54) is 0 Å². The van der Waals surface area contributed by atoms with Crippen molar-refractivity contribution in [1.82, 2.24) is 10.8 Å². The van der Waals surface area contributed by atoms with Gasteiger partial charge in [-0.2, -0.15) is 18.7 Å². The van der Waals surface area contributed by atoms with Crippen molar-refractivity contribution in [1.29, 1.82) is 0 Å². The third-order valence-corrected chi connectivity index (χ3v) is 2.01. The number of aliphatic hydroxyl groups excluding tert-OH is 1. The van der Waals surface area contributed by atoms with Crippen LogP contribution < -0.4 is 10.8 Å². The lowest BCUT2D eigenvalue weighted by atomic mass is 10.2. The molecule has 1 aliphatic heterocycles. The number of carbonyl (C=O) groups is 1. The van der Waals surface area contributed by atoms with E-state index in [1.807, 2.05) is 0 Å². The van der Waals surface area contributed by atoms with E-state index in [9.17, 15) is 18.0 Å². The predicted molar refractivity (Wildman–Crippen MR) is 48.8 cm³/mol. The number of hydroxylamine groups is 1. The van der Waals surface area contributed by atoms with Crippen molar-refractivity contribution in [3.8, 4) is 0 Å². The van der Waals surface area contributed by atoms with Gasteiger partial charge in [0, 0.05) is 13.1 Å². The van der Waals surface area contributed by atoms with E-state index in [2.05, 4.69) is 15.5 Å². The summed E-state index contributed by atoms with van der Waals surface area (Å²) in [4.78, 5) is 15.3. The Kier molecular flexibility index (Phi) is 5.12. The molecule has 1 atom stereocenters. The van der Waals surface area contributed by atoms with Crippen LogP contribution in [-0.2, 0) is 14.4 Å². The summed E-state index contributed by atoms with van der Waals surface area (Å²) in [6.45, 7) is 0.277. The number of halogens is 3. The van der Waals surface area contributed by atoms with Crippen molar-refractivity contribution in [2.75, 3.05) is 26.3 Å². The summed E-state index contributed by atoms with van der Waals surface area (Å²) in [6.07, 6.45) is -6.41. The van der Waals surface area contributed by atoms with E-state index in [0.717, 1.165) is 0 Å². The summed E-state index contributed by atoms with van der Waals surface area (Å²) in [5, 5.41) is 11.7. The quantitative estimate of drug-likeness (QED) is 0.416. The normalized spacial score (nSPS) is 18.6. The summed E-state index contributed by atoms with van der Waals surface area (Å²) >= 11 is 0. The highest BCUT2D eigenvalue weighted by atomic mass is 19.4. The molecule has 1 fully saturated rings. The molecule has 100 valence electrons. The average molecular weight is 258 g/mol. The molecule has 0 aromatic rings. The molecule has 1 heterocycles. The minimum atomic E-state index is -5.07. The lowest BCUT2D eigenvalue weighted by Crippen LogP contribution is -2.55. The molecule has 1 rings (SSSR count). The highest BCUT2D eigenvalue weighted by Gasteiger charge is 2.42. The van der Waals surface area contributed by atoms with E-state index < -0.39 is 24.9 Å². The fourth-order valence-corrected chi connectivity index (χ4v) is 0.973. The summed E-state index contributed by atoms with van der Waals surface area (Å²) in [5.74, 6) is -2.34. The number of esters is 1. The van der Waals surface area contributed by atoms with E-state index in [-0.39, 0.29) is 12.6 Å². The molecule has 0 bridgehead atoms. The third kappa shape index (κ3) is 4.86. The molecule has 0 aliphatic carbocycles. The Morgan fingerprint density at radius 2 is 2.18 bits per heavy atom. The standard InChI is InChI=1S/C8H13F3N2O4/c9-8(10,11)7(15)17-6(3-14)4-16-13-5-1-12-2-5/h5-6,12-14H,1-4H2/t6-/m1/s1. The van der Waals surface area contributed by atoms with Gasteiger partial charge in [0.2, 0.25) is 0 Å². The van der Waals surface area contributed by atoms with Crippen LogP contribution in [0.4, 0.5) is 13.2 Å². The fourth-order valence-electron chi connectivity index (χ4n) is 0.973. The van der Waals surface area contributed by atoms with Crippen molar-refractivity contribution < 1.29 is 32.6 Å². The van der Waals surface area contributed by atoms with Gasteiger partial charge in [-0.25, -0.2) is 4.79 Å². The zero-order valence-electron chi connectivity index (χ0n) is 8.79. The molecule has 6 nitrogen and oxygen atoms in total. The number of alkyl halides is 3. The zero-order valence-corrected chi connectivity index (χ0v) is 8.79. The van der Waals surface area contributed by atoms with Crippen molar-refractivity contribution in [2.45, 2.75) is 18.3 Å². The Hall–Kier alpha value is -0.900. The Balaban J connectivity index is 2.20. The van der Waals surface area contributed by atoms with E-state index in [4.69, 9.17) is 9.94 Å². The fraction of sp³-hybridized carbons (Fsp3) is 0.875. The van der Waals surface area contributed by atoms with Gasteiger partial charge in [0.1, 0.15) is 6.61 Å². The number of hydrogen-bond acceptors (Lipinski definition) is 6. The average Bonchev–Trinajstić information content (AvgIpc) is 2.18. The molecular formula is C8H13F3N2O4. The van der Waals surface area contributed by atoms with E-state index >= 15 is 0 Å². The molecule has 1 aliphatic rings. The topological polar surface area (TPSA) is 79.8 Å². The van der Waals surface area contributed by atoms with Gasteiger partial charge in [-0.3, -0.25) is 4.84 Å². The minimum absolute atomic E-state index is 0.0765. The Labute approximate surface area is 95.0 Å². The lowest BCUT2D eigenvalue weighted by Gasteiger charge is -2.28. The molecule has 0 aromatic heterocycles. The molecule has 0 radical (unpaired) electrons. The number of rotatable bonds is 6. The molecule has 1 saturated heterocycles. The molecule has 17 heavy (non-hydrogen) atoms. The van der Waals surface area contributed by atoms with Crippen LogP contribution in [0.15, 0.2) is 0 Å². The van der Waals surface area contributed by atoms with E-state index in [0.29, 0.717) is 13.1 Å². The first kappa shape index (κ1) is 14.2. The maximum Gasteiger partial charge on any atom is 0.490 e. The lowest BCUT2D eigenvalue weighted by molar-refractivity contribution is -0.210. The third-order valence-electron chi connectivity index (χ3n) is 2.01. The second kappa shape index (κ2) is 6.15. The maximum absolute atomic E-state index is 11.8. The summed E-state index contributed by atoms with van der Waals surface area (Å²) in [7, 11) is 0. The van der Waals surface area contributed by atoms with Gasteiger partial charge >= 0.3 is 12.1 Å². The van der Waals surface area contributed by atoms with Gasteiger partial charge in [0.05, 0.1) is 12.6 Å². The molecule has 0 aromatic carbocycles. The van der Waals surface area contributed by atoms with Gasteiger partial charge in [-0.05, 0) is 0 Å². The van der Waals surface area contributed by atoms with Crippen LogP contribution in [0.2, 0.25) is 0 Å². The number of hydrogen-bond donors (Lipinski definition) is 3. The second-order valence-electron chi connectivity index (χ2n) is 3.49. The largest absolute Gasteiger partial charge is 0.490 e. The highest BCUT2D eigenvalue weighted by molar-refractivity contribution is 5.75. The van der Waals surface area contributed by atoms with Crippen LogP contribution in [0.25, 0.3) is 0 Å². The number of nitrogens with one attached hydrogen (secondary N) is 2. The Morgan fingerprint density at radius 1 is 1.53 bits per heavy atom. The van der Waals surface area contributed by atoms with Gasteiger partial charge in [-0.1, -0.05) is 0 Å². The van der Waals surface area contributed by atoms with Crippen molar-refractivity contribution in [2.24, 2.45) is 0 Å². The first-order valence-corrected chi connectivity index (χ1v) is 4.90. The van der Waals surface area contributed by atoms with Crippen molar-refractivity contribution in [3.05, 3.63) is 0 Å². The monoisotopic (exact) mass is 258 g/mol. The molecule has 0 saturated carbocycles.